The zero-order valence-electron chi connectivity index (χ0n) is 20.8. The Morgan fingerprint density at radius 2 is 1.30 bits per heavy atom. The lowest BCUT2D eigenvalue weighted by atomic mass is 10.0. The highest BCUT2D eigenvalue weighted by molar-refractivity contribution is 7.80. The highest BCUT2D eigenvalue weighted by atomic mass is 32.1. The number of rotatable bonds is 6. The van der Waals surface area contributed by atoms with Crippen molar-refractivity contribution in [3.8, 4) is 34.0 Å². The van der Waals surface area contributed by atoms with Crippen LogP contribution in [0.1, 0.15) is 0 Å². The van der Waals surface area contributed by atoms with E-state index in [-0.39, 0.29) is 0 Å². The number of hydrogen-bond donors (Lipinski definition) is 1. The van der Waals surface area contributed by atoms with Crippen LogP contribution in [0.3, 0.4) is 0 Å². The standard InChI is InChI=1S/C28H28N6O2S/c1-35-23-12-8-20(9-13-23)25-26(21-10-14-24(36-2)15-11-21)31-32-27(30-25)33-16-18-34(19-17-33)28(37)29-22-6-4-3-5-7-22/h3-15H,16-19H2,1-2H3,(H,29,37). The number of anilines is 2. The Bertz CT molecular complexity index is 1340. The smallest absolute Gasteiger partial charge is 0.246 e. The van der Waals surface area contributed by atoms with Gasteiger partial charge in [0.05, 0.1) is 14.2 Å². The Morgan fingerprint density at radius 3 is 1.86 bits per heavy atom. The minimum Gasteiger partial charge on any atom is -0.497 e. The van der Waals surface area contributed by atoms with Gasteiger partial charge in [-0.25, -0.2) is 4.98 Å². The Hall–Kier alpha value is -4.24. The predicted octanol–water partition coefficient (Wildman–Crippen LogP) is 4.74. The molecule has 0 saturated carbocycles. The van der Waals surface area contributed by atoms with Crippen molar-refractivity contribution in [2.75, 3.05) is 50.6 Å². The van der Waals surface area contributed by atoms with E-state index >= 15 is 0 Å². The first-order chi connectivity index (χ1) is 18.1. The SMILES string of the molecule is COc1ccc(-c2nnc(N3CCN(C(=S)Nc4ccccc4)CC3)nc2-c2ccc(OC)cc2)cc1. The zero-order valence-corrected chi connectivity index (χ0v) is 21.6. The van der Waals surface area contributed by atoms with Crippen molar-refractivity contribution < 1.29 is 9.47 Å². The maximum atomic E-state index is 5.64. The van der Waals surface area contributed by atoms with Gasteiger partial charge in [0.1, 0.15) is 22.9 Å². The fraction of sp³-hybridized carbons (Fsp3) is 0.214. The van der Waals surface area contributed by atoms with Crippen LogP contribution < -0.4 is 19.7 Å². The molecular formula is C28H28N6O2S. The van der Waals surface area contributed by atoms with Gasteiger partial charge in [0, 0.05) is 43.0 Å². The summed E-state index contributed by atoms with van der Waals surface area (Å²) in [5, 5.41) is 13.2. The molecule has 0 bridgehead atoms. The lowest BCUT2D eigenvalue weighted by Crippen LogP contribution is -2.50. The van der Waals surface area contributed by atoms with E-state index < -0.39 is 0 Å². The van der Waals surface area contributed by atoms with Crippen LogP contribution in [-0.2, 0) is 0 Å². The van der Waals surface area contributed by atoms with Crippen molar-refractivity contribution >= 4 is 29.0 Å². The third kappa shape index (κ3) is 5.62. The summed E-state index contributed by atoms with van der Waals surface area (Å²) < 4.78 is 10.7. The van der Waals surface area contributed by atoms with Crippen molar-refractivity contribution in [2.24, 2.45) is 0 Å². The number of ether oxygens (including phenoxy) is 2. The van der Waals surface area contributed by atoms with E-state index in [2.05, 4.69) is 25.3 Å². The van der Waals surface area contributed by atoms with Gasteiger partial charge in [0.2, 0.25) is 5.95 Å². The third-order valence-corrected chi connectivity index (χ3v) is 6.64. The summed E-state index contributed by atoms with van der Waals surface area (Å²) in [5.74, 6) is 2.17. The first-order valence-electron chi connectivity index (χ1n) is 12.0. The number of methoxy groups -OCH3 is 2. The molecular weight excluding hydrogens is 484 g/mol. The van der Waals surface area contributed by atoms with Crippen LogP contribution in [0.5, 0.6) is 11.5 Å². The van der Waals surface area contributed by atoms with Gasteiger partial charge in [0.25, 0.3) is 0 Å². The van der Waals surface area contributed by atoms with E-state index in [1.165, 1.54) is 0 Å². The number of para-hydroxylation sites is 1. The van der Waals surface area contributed by atoms with Crippen LogP contribution in [0.4, 0.5) is 11.6 Å². The largest absolute Gasteiger partial charge is 0.497 e. The molecule has 0 aliphatic carbocycles. The van der Waals surface area contributed by atoms with Crippen LogP contribution in [0.2, 0.25) is 0 Å². The number of hydrogen-bond acceptors (Lipinski definition) is 7. The second-order valence-electron chi connectivity index (χ2n) is 8.54. The molecule has 0 atom stereocenters. The minimum absolute atomic E-state index is 0.602. The number of nitrogens with one attached hydrogen (secondary N) is 1. The van der Waals surface area contributed by atoms with Crippen LogP contribution in [0.25, 0.3) is 22.5 Å². The Morgan fingerprint density at radius 1 is 0.730 bits per heavy atom. The molecule has 0 unspecified atom stereocenters. The summed E-state index contributed by atoms with van der Waals surface area (Å²) in [6.45, 7) is 3.00. The van der Waals surface area contributed by atoms with Crippen molar-refractivity contribution in [1.82, 2.24) is 20.1 Å². The molecule has 0 spiro atoms. The average Bonchev–Trinajstić information content (AvgIpc) is 2.97. The number of piperazine rings is 1. The van der Waals surface area contributed by atoms with Gasteiger partial charge in [-0.3, -0.25) is 0 Å². The normalized spacial score (nSPS) is 13.2. The third-order valence-electron chi connectivity index (χ3n) is 6.28. The summed E-state index contributed by atoms with van der Waals surface area (Å²) in [6.07, 6.45) is 0. The Balaban J connectivity index is 1.37. The first-order valence-corrected chi connectivity index (χ1v) is 12.4. The maximum Gasteiger partial charge on any atom is 0.246 e. The lowest BCUT2D eigenvalue weighted by molar-refractivity contribution is 0.387. The highest BCUT2D eigenvalue weighted by Crippen LogP contribution is 2.32. The van der Waals surface area contributed by atoms with E-state index in [0.717, 1.165) is 65.3 Å². The molecule has 2 heterocycles. The van der Waals surface area contributed by atoms with Gasteiger partial charge in [-0.05, 0) is 72.9 Å². The molecule has 1 aromatic heterocycles. The molecule has 1 fully saturated rings. The number of thiocarbonyl (C=S) groups is 1. The molecule has 1 aliphatic heterocycles. The van der Waals surface area contributed by atoms with E-state index in [1.54, 1.807) is 14.2 Å². The molecule has 188 valence electrons. The molecule has 1 saturated heterocycles. The topological polar surface area (TPSA) is 75.6 Å². The molecule has 8 nitrogen and oxygen atoms in total. The summed E-state index contributed by atoms with van der Waals surface area (Å²) in [5.41, 5.74) is 4.32. The van der Waals surface area contributed by atoms with Gasteiger partial charge in [-0.2, -0.15) is 0 Å². The van der Waals surface area contributed by atoms with Crippen LogP contribution in [0.15, 0.2) is 78.9 Å². The number of benzene rings is 3. The number of aromatic nitrogens is 3. The van der Waals surface area contributed by atoms with Gasteiger partial charge in [-0.1, -0.05) is 18.2 Å². The summed E-state index contributed by atoms with van der Waals surface area (Å²) >= 11 is 5.64. The van der Waals surface area contributed by atoms with Gasteiger partial charge < -0.3 is 24.6 Å². The van der Waals surface area contributed by atoms with Gasteiger partial charge in [0.15, 0.2) is 5.11 Å². The summed E-state index contributed by atoms with van der Waals surface area (Å²) in [6, 6.07) is 25.6. The van der Waals surface area contributed by atoms with Crippen LogP contribution in [-0.4, -0.2) is 65.6 Å². The molecule has 37 heavy (non-hydrogen) atoms. The summed E-state index contributed by atoms with van der Waals surface area (Å²) in [4.78, 5) is 9.31. The molecule has 3 aromatic carbocycles. The zero-order chi connectivity index (χ0) is 25.6. The highest BCUT2D eigenvalue weighted by Gasteiger charge is 2.23. The second kappa shape index (κ2) is 11.2. The van der Waals surface area contributed by atoms with Gasteiger partial charge in [-0.15, -0.1) is 10.2 Å². The summed E-state index contributed by atoms with van der Waals surface area (Å²) in [7, 11) is 3.31. The molecule has 4 aromatic rings. The fourth-order valence-corrected chi connectivity index (χ4v) is 4.48. The van der Waals surface area contributed by atoms with Crippen molar-refractivity contribution in [1.29, 1.82) is 0 Å². The van der Waals surface area contributed by atoms with Crippen LogP contribution >= 0.6 is 12.2 Å². The van der Waals surface area contributed by atoms with Gasteiger partial charge >= 0.3 is 0 Å². The van der Waals surface area contributed by atoms with E-state index in [4.69, 9.17) is 26.7 Å². The quantitative estimate of drug-likeness (QED) is 0.369. The molecule has 5 rings (SSSR count). The Kier molecular flexibility index (Phi) is 7.41. The minimum atomic E-state index is 0.602. The van der Waals surface area contributed by atoms with Crippen LogP contribution in [0, 0.1) is 0 Å². The maximum absolute atomic E-state index is 5.64. The molecule has 9 heteroatoms. The van der Waals surface area contributed by atoms with Crippen molar-refractivity contribution in [2.45, 2.75) is 0 Å². The van der Waals surface area contributed by atoms with E-state index in [0.29, 0.717) is 11.6 Å². The molecule has 0 radical (unpaired) electrons. The molecule has 0 amide bonds. The monoisotopic (exact) mass is 512 g/mol. The van der Waals surface area contributed by atoms with Crippen molar-refractivity contribution in [3.63, 3.8) is 0 Å². The second-order valence-corrected chi connectivity index (χ2v) is 8.92. The molecule has 1 N–H and O–H groups in total. The van der Waals surface area contributed by atoms with Crippen molar-refractivity contribution in [3.05, 3.63) is 78.9 Å². The fourth-order valence-electron chi connectivity index (χ4n) is 4.18. The van der Waals surface area contributed by atoms with E-state index in [1.807, 2.05) is 78.9 Å². The Labute approximate surface area is 221 Å². The average molecular weight is 513 g/mol. The predicted molar refractivity (Wildman–Crippen MR) is 150 cm³/mol. The number of nitrogens with zero attached hydrogens (tertiary/aromatic N) is 5. The van der Waals surface area contributed by atoms with E-state index in [9.17, 15) is 0 Å². The first kappa shape index (κ1) is 24.5. The lowest BCUT2D eigenvalue weighted by Gasteiger charge is -2.36. The molecule has 1 aliphatic rings.